The molecule has 4 aromatic rings. The van der Waals surface area contributed by atoms with E-state index in [1.807, 2.05) is 13.0 Å². The van der Waals surface area contributed by atoms with Gasteiger partial charge in [0.15, 0.2) is 0 Å². The standard InChI is InChI=1S/C23H21ClN4O4S/c1-14-4-2-10-27-21(14)26-22-18(23(27)29)12-19(20(25)28(22)13-16-5-3-11-32-16)33(30,31)17-8-6-15(24)7-9-17/h2,4,6-10,12,16,25H,3,5,11,13H2,1H3. The van der Waals surface area contributed by atoms with Crippen molar-refractivity contribution in [1.82, 2.24) is 14.0 Å². The van der Waals surface area contributed by atoms with Crippen molar-refractivity contribution in [1.29, 1.82) is 5.41 Å². The number of benzene rings is 1. The average molecular weight is 485 g/mol. The zero-order chi connectivity index (χ0) is 23.3. The van der Waals surface area contributed by atoms with Gasteiger partial charge in [-0.05, 0) is 61.7 Å². The van der Waals surface area contributed by atoms with Crippen LogP contribution in [0.25, 0.3) is 16.7 Å². The quantitative estimate of drug-likeness (QED) is 0.448. The van der Waals surface area contributed by atoms with Crippen LogP contribution in [0.3, 0.4) is 0 Å². The molecule has 33 heavy (non-hydrogen) atoms. The number of ether oxygens (including phenoxy) is 1. The van der Waals surface area contributed by atoms with Crippen LogP contribution in [0.15, 0.2) is 63.2 Å². The van der Waals surface area contributed by atoms with E-state index in [1.54, 1.807) is 12.3 Å². The molecule has 170 valence electrons. The number of sulfone groups is 1. The molecule has 1 aromatic carbocycles. The van der Waals surface area contributed by atoms with Crippen LogP contribution in [0.4, 0.5) is 0 Å². The first kappa shape index (κ1) is 21.8. The highest BCUT2D eigenvalue weighted by Crippen LogP contribution is 2.23. The second kappa shape index (κ2) is 8.09. The van der Waals surface area contributed by atoms with Gasteiger partial charge in [0.25, 0.3) is 5.56 Å². The van der Waals surface area contributed by atoms with Crippen molar-refractivity contribution in [2.45, 2.75) is 42.2 Å². The van der Waals surface area contributed by atoms with E-state index in [0.29, 0.717) is 17.3 Å². The Kier molecular flexibility index (Phi) is 5.35. The van der Waals surface area contributed by atoms with Gasteiger partial charge in [-0.25, -0.2) is 13.4 Å². The zero-order valence-corrected chi connectivity index (χ0v) is 19.4. The predicted molar refractivity (Wildman–Crippen MR) is 123 cm³/mol. The largest absolute Gasteiger partial charge is 0.376 e. The number of nitrogens with zero attached hydrogens (tertiary/aromatic N) is 3. The van der Waals surface area contributed by atoms with Crippen molar-refractivity contribution in [3.05, 3.63) is 75.1 Å². The van der Waals surface area contributed by atoms with Gasteiger partial charge in [0, 0.05) is 17.8 Å². The van der Waals surface area contributed by atoms with E-state index in [2.05, 4.69) is 4.98 Å². The van der Waals surface area contributed by atoms with Crippen LogP contribution < -0.4 is 11.0 Å². The Hall–Kier alpha value is -3.01. The predicted octanol–water partition coefficient (Wildman–Crippen LogP) is 3.10. The molecule has 1 fully saturated rings. The molecule has 1 aliphatic rings. The molecule has 3 aromatic heterocycles. The first-order chi connectivity index (χ1) is 15.8. The molecule has 1 atom stereocenters. The third-order valence-corrected chi connectivity index (χ3v) is 7.96. The smallest absolute Gasteiger partial charge is 0.267 e. The number of nitrogens with one attached hydrogen (secondary N) is 1. The van der Waals surface area contributed by atoms with Gasteiger partial charge in [-0.15, -0.1) is 0 Å². The summed E-state index contributed by atoms with van der Waals surface area (Å²) in [5, 5.41) is 9.35. The van der Waals surface area contributed by atoms with Crippen molar-refractivity contribution in [3.63, 3.8) is 0 Å². The summed E-state index contributed by atoms with van der Waals surface area (Å²) >= 11 is 5.92. The van der Waals surface area contributed by atoms with Crippen LogP contribution in [-0.2, 0) is 21.1 Å². The number of hydrogen-bond acceptors (Lipinski definition) is 6. The van der Waals surface area contributed by atoms with E-state index in [4.69, 9.17) is 21.7 Å². The highest BCUT2D eigenvalue weighted by atomic mass is 35.5. The summed E-state index contributed by atoms with van der Waals surface area (Å²) in [7, 11) is -4.10. The van der Waals surface area contributed by atoms with Gasteiger partial charge in [0.05, 0.1) is 22.9 Å². The maximum atomic E-state index is 13.5. The molecule has 1 aliphatic heterocycles. The van der Waals surface area contributed by atoms with E-state index < -0.39 is 15.4 Å². The van der Waals surface area contributed by atoms with E-state index in [-0.39, 0.29) is 39.0 Å². The Morgan fingerprint density at radius 3 is 2.67 bits per heavy atom. The fraction of sp³-hybridized carbons (Fsp3) is 0.261. The van der Waals surface area contributed by atoms with E-state index in [1.165, 1.54) is 39.3 Å². The minimum Gasteiger partial charge on any atom is -0.376 e. The highest BCUT2D eigenvalue weighted by Gasteiger charge is 2.26. The summed E-state index contributed by atoms with van der Waals surface area (Å²) in [6, 6.07) is 10.6. The molecule has 4 heterocycles. The molecule has 5 rings (SSSR count). The highest BCUT2D eigenvalue weighted by molar-refractivity contribution is 7.91. The molecule has 0 bridgehead atoms. The molecule has 1 saturated heterocycles. The van der Waals surface area contributed by atoms with E-state index in [0.717, 1.165) is 18.4 Å². The Balaban J connectivity index is 1.86. The van der Waals surface area contributed by atoms with Crippen LogP contribution in [0.2, 0.25) is 5.02 Å². The number of aryl methyl sites for hydroxylation is 1. The molecule has 8 nitrogen and oxygen atoms in total. The number of rotatable bonds is 4. The number of aromatic nitrogens is 3. The van der Waals surface area contributed by atoms with Gasteiger partial charge in [-0.1, -0.05) is 17.7 Å². The Morgan fingerprint density at radius 1 is 1.21 bits per heavy atom. The normalized spacial score (nSPS) is 16.6. The monoisotopic (exact) mass is 484 g/mol. The molecular weight excluding hydrogens is 464 g/mol. The average Bonchev–Trinajstić information content (AvgIpc) is 3.30. The van der Waals surface area contributed by atoms with Crippen molar-refractivity contribution in [2.75, 3.05) is 6.61 Å². The molecular formula is C23H21ClN4O4S. The van der Waals surface area contributed by atoms with Crippen molar-refractivity contribution >= 4 is 38.1 Å². The van der Waals surface area contributed by atoms with E-state index in [9.17, 15) is 13.2 Å². The molecule has 1 N–H and O–H groups in total. The van der Waals surface area contributed by atoms with Gasteiger partial charge >= 0.3 is 0 Å². The summed E-state index contributed by atoms with van der Waals surface area (Å²) in [5.41, 5.74) is 0.892. The maximum absolute atomic E-state index is 13.5. The topological polar surface area (TPSA) is 107 Å². The molecule has 1 unspecified atom stereocenters. The lowest BCUT2D eigenvalue weighted by Gasteiger charge is -2.18. The van der Waals surface area contributed by atoms with Gasteiger partial charge < -0.3 is 9.30 Å². The molecule has 0 aliphatic carbocycles. The van der Waals surface area contributed by atoms with Crippen LogP contribution in [0, 0.1) is 12.3 Å². The number of pyridine rings is 2. The number of halogens is 1. The summed E-state index contributed by atoms with van der Waals surface area (Å²) in [4.78, 5) is 17.8. The fourth-order valence-corrected chi connectivity index (χ4v) is 5.70. The van der Waals surface area contributed by atoms with E-state index >= 15 is 0 Å². The number of fused-ring (bicyclic) bond motifs is 2. The van der Waals surface area contributed by atoms with Gasteiger partial charge in [0.1, 0.15) is 21.7 Å². The molecule has 0 amide bonds. The second-order valence-electron chi connectivity index (χ2n) is 8.10. The number of hydrogen-bond donors (Lipinski definition) is 1. The Labute approximate surface area is 194 Å². The maximum Gasteiger partial charge on any atom is 0.267 e. The summed E-state index contributed by atoms with van der Waals surface area (Å²) in [5.74, 6) is 0. The van der Waals surface area contributed by atoms with Crippen molar-refractivity contribution in [2.24, 2.45) is 0 Å². The Morgan fingerprint density at radius 2 is 1.97 bits per heavy atom. The van der Waals surface area contributed by atoms with Crippen LogP contribution in [-0.4, -0.2) is 35.1 Å². The fourth-order valence-electron chi connectivity index (χ4n) is 4.19. The third kappa shape index (κ3) is 3.66. The van der Waals surface area contributed by atoms with Crippen molar-refractivity contribution in [3.8, 4) is 0 Å². The first-order valence-electron chi connectivity index (χ1n) is 10.5. The minimum absolute atomic E-state index is 0.00638. The van der Waals surface area contributed by atoms with Crippen LogP contribution in [0.1, 0.15) is 18.4 Å². The lowest BCUT2D eigenvalue weighted by atomic mass is 10.2. The second-order valence-corrected chi connectivity index (χ2v) is 10.5. The SMILES string of the molecule is Cc1cccn2c(=O)c3cc(S(=O)(=O)c4ccc(Cl)cc4)c(=N)n(CC4CCCO4)c3nc12. The van der Waals surface area contributed by atoms with Gasteiger partial charge in [-0.3, -0.25) is 14.6 Å². The molecule has 10 heteroatoms. The minimum atomic E-state index is -4.10. The third-order valence-electron chi connectivity index (χ3n) is 5.92. The first-order valence-corrected chi connectivity index (χ1v) is 12.4. The van der Waals surface area contributed by atoms with Gasteiger partial charge in [0.2, 0.25) is 9.84 Å². The van der Waals surface area contributed by atoms with Crippen LogP contribution in [0.5, 0.6) is 0 Å². The van der Waals surface area contributed by atoms with Gasteiger partial charge in [-0.2, -0.15) is 0 Å². The Bertz CT molecular complexity index is 1620. The zero-order valence-electron chi connectivity index (χ0n) is 17.8. The molecule has 0 saturated carbocycles. The summed E-state index contributed by atoms with van der Waals surface area (Å²) in [6.07, 6.45) is 3.09. The van der Waals surface area contributed by atoms with Crippen molar-refractivity contribution < 1.29 is 13.2 Å². The lowest BCUT2D eigenvalue weighted by molar-refractivity contribution is 0.0965. The molecule has 0 spiro atoms. The summed E-state index contributed by atoms with van der Waals surface area (Å²) < 4.78 is 35.6. The lowest BCUT2D eigenvalue weighted by Crippen LogP contribution is -2.33. The molecule has 0 radical (unpaired) electrons. The summed E-state index contributed by atoms with van der Waals surface area (Å²) in [6.45, 7) is 2.68. The van der Waals surface area contributed by atoms with Crippen LogP contribution >= 0.6 is 11.6 Å².